The highest BCUT2D eigenvalue weighted by molar-refractivity contribution is 5.98. The molecule has 3 N–H and O–H groups in total. The number of anilines is 1. The van der Waals surface area contributed by atoms with Gasteiger partial charge in [0.25, 0.3) is 5.91 Å². The zero-order valence-electron chi connectivity index (χ0n) is 20.4. The fourth-order valence-corrected chi connectivity index (χ4v) is 5.06. The molecular weight excluding hydrogens is 456 g/mol. The zero-order chi connectivity index (χ0) is 25.2. The van der Waals surface area contributed by atoms with Gasteiger partial charge in [-0.05, 0) is 43.2 Å². The van der Waals surface area contributed by atoms with Crippen LogP contribution in [-0.2, 0) is 6.42 Å². The first-order valence-electron chi connectivity index (χ1n) is 12.1. The van der Waals surface area contributed by atoms with Crippen molar-refractivity contribution in [1.29, 1.82) is 0 Å². The van der Waals surface area contributed by atoms with Gasteiger partial charge in [0.15, 0.2) is 11.5 Å². The molecule has 0 aromatic heterocycles. The summed E-state index contributed by atoms with van der Waals surface area (Å²) in [6, 6.07) is 22.0. The van der Waals surface area contributed by atoms with Gasteiger partial charge < -0.3 is 14.8 Å². The summed E-state index contributed by atoms with van der Waals surface area (Å²) in [6.07, 6.45) is 0.539. The molecule has 0 spiro atoms. The van der Waals surface area contributed by atoms with E-state index in [4.69, 9.17) is 15.3 Å². The number of para-hydroxylation sites is 1. The summed E-state index contributed by atoms with van der Waals surface area (Å²) >= 11 is 0. The van der Waals surface area contributed by atoms with Crippen LogP contribution in [0, 0.1) is 5.92 Å². The van der Waals surface area contributed by atoms with Crippen LogP contribution in [0.1, 0.15) is 34.5 Å². The molecule has 0 bridgehead atoms. The number of nitrogens with one attached hydrogen (secondary N) is 1. The first-order valence-corrected chi connectivity index (χ1v) is 12.1. The minimum Gasteiger partial charge on any atom is -0.493 e. The Bertz CT molecular complexity index is 1270. The van der Waals surface area contributed by atoms with E-state index >= 15 is 0 Å². The van der Waals surface area contributed by atoms with Crippen LogP contribution in [0.3, 0.4) is 0 Å². The molecule has 0 saturated carbocycles. The average Bonchev–Trinajstić information content (AvgIpc) is 2.91. The van der Waals surface area contributed by atoms with E-state index in [1.54, 1.807) is 30.2 Å². The van der Waals surface area contributed by atoms with Crippen LogP contribution >= 0.6 is 0 Å². The fraction of sp³-hybridized carbons (Fsp3) is 0.286. The van der Waals surface area contributed by atoms with Crippen LogP contribution in [-0.4, -0.2) is 43.3 Å². The normalized spacial score (nSPS) is 20.8. The predicted molar refractivity (Wildman–Crippen MR) is 137 cm³/mol. The van der Waals surface area contributed by atoms with E-state index < -0.39 is 0 Å². The van der Waals surface area contributed by atoms with Crippen molar-refractivity contribution in [3.63, 3.8) is 0 Å². The molecule has 5 rings (SSSR count). The Labute approximate surface area is 210 Å². The summed E-state index contributed by atoms with van der Waals surface area (Å²) in [5, 5.41) is 4.24. The molecule has 2 aliphatic rings. The van der Waals surface area contributed by atoms with Gasteiger partial charge in [0.1, 0.15) is 6.10 Å². The maximum Gasteiger partial charge on any atom is 0.339 e. The van der Waals surface area contributed by atoms with Gasteiger partial charge in [0.2, 0.25) is 0 Å². The minimum absolute atomic E-state index is 0.0735. The van der Waals surface area contributed by atoms with Crippen molar-refractivity contribution in [2.45, 2.75) is 25.5 Å². The van der Waals surface area contributed by atoms with Gasteiger partial charge in [0.05, 0.1) is 13.2 Å². The Morgan fingerprint density at radius 1 is 1.11 bits per heavy atom. The lowest BCUT2D eigenvalue weighted by Gasteiger charge is -2.48. The third kappa shape index (κ3) is 4.35. The van der Waals surface area contributed by atoms with Crippen molar-refractivity contribution in [3.05, 3.63) is 89.5 Å². The first kappa shape index (κ1) is 23.7. The number of nitrogens with zero attached hydrogens (tertiary/aromatic N) is 2. The molecule has 1 saturated heterocycles. The lowest BCUT2D eigenvalue weighted by atomic mass is 9.83. The van der Waals surface area contributed by atoms with Crippen LogP contribution in [0.2, 0.25) is 0 Å². The van der Waals surface area contributed by atoms with Gasteiger partial charge >= 0.3 is 6.03 Å². The van der Waals surface area contributed by atoms with Crippen LogP contribution in [0.5, 0.6) is 11.5 Å². The topological polar surface area (TPSA) is 97.1 Å². The second kappa shape index (κ2) is 9.91. The smallest absolute Gasteiger partial charge is 0.339 e. The molecule has 1 unspecified atom stereocenters. The molecule has 3 atom stereocenters. The number of ether oxygens (including phenoxy) is 2. The number of urea groups is 1. The molecule has 8 heteroatoms. The number of rotatable bonds is 6. The monoisotopic (exact) mass is 486 g/mol. The molecule has 0 radical (unpaired) electrons. The lowest BCUT2D eigenvalue weighted by Crippen LogP contribution is -2.61. The van der Waals surface area contributed by atoms with Crippen molar-refractivity contribution in [3.8, 4) is 11.5 Å². The Hall–Kier alpha value is -4.04. The van der Waals surface area contributed by atoms with E-state index in [-0.39, 0.29) is 30.0 Å². The number of methoxy groups -OCH3 is 1. The van der Waals surface area contributed by atoms with Gasteiger partial charge in [-0.2, -0.15) is 0 Å². The molecule has 3 aromatic rings. The highest BCUT2D eigenvalue weighted by Gasteiger charge is 2.47. The molecule has 2 aliphatic heterocycles. The van der Waals surface area contributed by atoms with Gasteiger partial charge in [-0.3, -0.25) is 14.7 Å². The van der Waals surface area contributed by atoms with Crippen molar-refractivity contribution < 1.29 is 19.1 Å². The van der Waals surface area contributed by atoms with Gasteiger partial charge in [0, 0.05) is 35.8 Å². The molecular formula is C28H30N4O4. The van der Waals surface area contributed by atoms with E-state index in [2.05, 4.69) is 5.32 Å². The second-order valence-corrected chi connectivity index (χ2v) is 9.15. The number of fused-ring (bicyclic) bond motifs is 3. The number of carbonyl (C=O) groups is 2. The predicted octanol–water partition coefficient (Wildman–Crippen LogP) is 3.92. The molecule has 8 nitrogen and oxygen atoms in total. The molecule has 1 fully saturated rings. The van der Waals surface area contributed by atoms with Crippen LogP contribution in [0.25, 0.3) is 0 Å². The van der Waals surface area contributed by atoms with Gasteiger partial charge in [-0.1, -0.05) is 48.5 Å². The summed E-state index contributed by atoms with van der Waals surface area (Å²) in [7, 11) is 1.59. The number of benzene rings is 3. The highest BCUT2D eigenvalue weighted by atomic mass is 16.5. The second-order valence-electron chi connectivity index (χ2n) is 9.15. The third-order valence-corrected chi connectivity index (χ3v) is 6.97. The standard InChI is InChI=1S/C28H30N4O4/c1-18-23-17-31(28(34)32(29)25(23)22-12-7-13-24(35-2)26(22)36-18)21-11-6-10-20(16-21)27(33)30-15-14-19-8-4-3-5-9-19/h3-13,16,18,23,25H,14-15,17,29H2,1-2H3,(H,30,33)/t18-,23?,25-/m1/s1. The maximum atomic E-state index is 13.4. The zero-order valence-corrected chi connectivity index (χ0v) is 20.4. The summed E-state index contributed by atoms with van der Waals surface area (Å²) < 4.78 is 11.7. The molecule has 0 aliphatic carbocycles. The maximum absolute atomic E-state index is 13.4. The van der Waals surface area contributed by atoms with E-state index in [1.165, 1.54) is 5.01 Å². The van der Waals surface area contributed by atoms with Gasteiger partial charge in [-0.15, -0.1) is 0 Å². The van der Waals surface area contributed by atoms with Gasteiger partial charge in [-0.25, -0.2) is 10.6 Å². The Balaban J connectivity index is 1.34. The number of hydrogen-bond acceptors (Lipinski definition) is 5. The van der Waals surface area contributed by atoms with E-state index in [0.29, 0.717) is 35.8 Å². The van der Waals surface area contributed by atoms with Crippen molar-refractivity contribution >= 4 is 17.6 Å². The Kier molecular flexibility index (Phi) is 6.52. The summed E-state index contributed by atoms with van der Waals surface area (Å²) in [6.45, 7) is 2.91. The first-order chi connectivity index (χ1) is 17.5. The molecule has 2 heterocycles. The van der Waals surface area contributed by atoms with E-state index in [9.17, 15) is 9.59 Å². The number of carbonyl (C=O) groups excluding carboxylic acids is 2. The van der Waals surface area contributed by atoms with Crippen molar-refractivity contribution in [2.75, 3.05) is 25.1 Å². The molecule has 36 heavy (non-hydrogen) atoms. The largest absolute Gasteiger partial charge is 0.493 e. The Morgan fingerprint density at radius 3 is 2.67 bits per heavy atom. The van der Waals surface area contributed by atoms with Crippen LogP contribution in [0.4, 0.5) is 10.5 Å². The SMILES string of the molecule is COc1cccc2c1O[C@H](C)C1CN(c3cccc(C(=O)NCCc4ccccc4)c3)C(=O)N(N)[C@H]21. The molecule has 3 aromatic carbocycles. The summed E-state index contributed by atoms with van der Waals surface area (Å²) in [5.41, 5.74) is 3.10. The molecule has 3 amide bonds. The average molecular weight is 487 g/mol. The highest BCUT2D eigenvalue weighted by Crippen LogP contribution is 2.48. The number of nitrogens with two attached hydrogens (primary N) is 1. The number of amides is 3. The Morgan fingerprint density at radius 2 is 1.89 bits per heavy atom. The number of hydrazine groups is 1. The molecule has 186 valence electrons. The van der Waals surface area contributed by atoms with E-state index in [0.717, 1.165) is 17.5 Å². The van der Waals surface area contributed by atoms with E-state index in [1.807, 2.05) is 61.5 Å². The van der Waals surface area contributed by atoms with Crippen molar-refractivity contribution in [2.24, 2.45) is 11.8 Å². The fourth-order valence-electron chi connectivity index (χ4n) is 5.06. The third-order valence-electron chi connectivity index (χ3n) is 6.97. The lowest BCUT2D eigenvalue weighted by molar-refractivity contribution is 0.0380. The summed E-state index contributed by atoms with van der Waals surface area (Å²) in [4.78, 5) is 27.8. The van der Waals surface area contributed by atoms with Crippen LogP contribution < -0.4 is 25.5 Å². The minimum atomic E-state index is -0.341. The van der Waals surface area contributed by atoms with Crippen LogP contribution in [0.15, 0.2) is 72.8 Å². The van der Waals surface area contributed by atoms with Crippen molar-refractivity contribution in [1.82, 2.24) is 10.3 Å². The summed E-state index contributed by atoms with van der Waals surface area (Å²) in [5.74, 6) is 7.40. The number of hydrogen-bond donors (Lipinski definition) is 2. The quantitative estimate of drug-likeness (QED) is 0.407.